The van der Waals surface area contributed by atoms with Crippen LogP contribution in [-0.4, -0.2) is 13.7 Å². The van der Waals surface area contributed by atoms with Crippen LogP contribution in [0.15, 0.2) is 18.2 Å². The third-order valence-corrected chi connectivity index (χ3v) is 1.73. The predicted molar refractivity (Wildman–Crippen MR) is 52.2 cm³/mol. The lowest BCUT2D eigenvalue weighted by Crippen LogP contribution is -1.96. The first kappa shape index (κ1) is 9.90. The molecule has 0 unspecified atom stereocenters. The molecule has 13 heavy (non-hydrogen) atoms. The van der Waals surface area contributed by atoms with E-state index in [-0.39, 0.29) is 0 Å². The largest absolute Gasteiger partial charge is 0.496 e. The summed E-state index contributed by atoms with van der Waals surface area (Å²) in [5.74, 6) is 1.57. The molecule has 1 rings (SSSR count). The average Bonchev–Trinajstić information content (AvgIpc) is 2.19. The normalized spacial score (nSPS) is 9.69. The van der Waals surface area contributed by atoms with Crippen molar-refractivity contribution in [3.63, 3.8) is 0 Å². The van der Waals surface area contributed by atoms with Gasteiger partial charge in [0, 0.05) is 12.1 Å². The average molecular weight is 179 g/mol. The van der Waals surface area contributed by atoms with E-state index >= 15 is 0 Å². The van der Waals surface area contributed by atoms with E-state index in [1.165, 1.54) is 0 Å². The van der Waals surface area contributed by atoms with Crippen LogP contribution in [0.25, 0.3) is 0 Å². The van der Waals surface area contributed by atoms with Gasteiger partial charge in [0.15, 0.2) is 0 Å². The molecule has 0 aliphatic rings. The highest BCUT2D eigenvalue weighted by atomic mass is 16.5. The molecule has 0 atom stereocenters. The maximum Gasteiger partial charge on any atom is 0.130 e. The Labute approximate surface area is 79.5 Å². The summed E-state index contributed by atoms with van der Waals surface area (Å²) in [4.78, 5) is 0. The third kappa shape index (κ3) is 3.36. The Bertz CT molecular complexity index is 246. The second-order valence-corrected chi connectivity index (χ2v) is 2.79. The van der Waals surface area contributed by atoms with E-state index in [4.69, 9.17) is 9.47 Å². The zero-order chi connectivity index (χ0) is 9.52. The van der Waals surface area contributed by atoms with Crippen LogP contribution >= 0.6 is 0 Å². The number of ether oxygens (including phenoxy) is 2. The van der Waals surface area contributed by atoms with Gasteiger partial charge in [-0.1, -0.05) is 13.3 Å². The minimum absolute atomic E-state index is 0.717. The molecule has 1 radical (unpaired) electrons. The van der Waals surface area contributed by atoms with Crippen molar-refractivity contribution >= 4 is 0 Å². The molecule has 0 aliphatic carbocycles. The van der Waals surface area contributed by atoms with Crippen molar-refractivity contribution < 1.29 is 9.47 Å². The van der Waals surface area contributed by atoms with Gasteiger partial charge in [0.05, 0.1) is 13.7 Å². The van der Waals surface area contributed by atoms with Crippen molar-refractivity contribution in [1.82, 2.24) is 0 Å². The number of rotatable bonds is 5. The quantitative estimate of drug-likeness (QED) is 0.647. The predicted octanol–water partition coefficient (Wildman–Crippen LogP) is 2.67. The first-order valence-corrected chi connectivity index (χ1v) is 4.55. The Morgan fingerprint density at radius 3 is 3.00 bits per heavy atom. The molecule has 0 fully saturated rings. The van der Waals surface area contributed by atoms with E-state index in [9.17, 15) is 0 Å². The van der Waals surface area contributed by atoms with Crippen LogP contribution in [0.5, 0.6) is 11.5 Å². The summed E-state index contributed by atoms with van der Waals surface area (Å²) in [5, 5.41) is 0. The number of hydrogen-bond acceptors (Lipinski definition) is 2. The fourth-order valence-corrected chi connectivity index (χ4v) is 0.967. The van der Waals surface area contributed by atoms with Crippen molar-refractivity contribution in [1.29, 1.82) is 0 Å². The monoisotopic (exact) mass is 179 g/mol. The summed E-state index contributed by atoms with van der Waals surface area (Å²) >= 11 is 0. The van der Waals surface area contributed by atoms with Gasteiger partial charge in [-0.15, -0.1) is 0 Å². The van der Waals surface area contributed by atoms with Crippen LogP contribution in [0.2, 0.25) is 0 Å². The first-order valence-electron chi connectivity index (χ1n) is 4.55. The minimum Gasteiger partial charge on any atom is -0.496 e. The van der Waals surface area contributed by atoms with E-state index < -0.39 is 0 Å². The SMILES string of the molecule is CCCCOc1cc[c]c(OC)c1. The van der Waals surface area contributed by atoms with Gasteiger partial charge in [0.2, 0.25) is 0 Å². The number of hydrogen-bond donors (Lipinski definition) is 0. The van der Waals surface area contributed by atoms with Gasteiger partial charge in [-0.2, -0.15) is 0 Å². The summed E-state index contributed by atoms with van der Waals surface area (Å²) in [6.45, 7) is 2.91. The van der Waals surface area contributed by atoms with Gasteiger partial charge in [-0.25, -0.2) is 0 Å². The molecular formula is C11H15O2. The molecule has 1 aromatic rings. The summed E-state index contributed by atoms with van der Waals surface area (Å²) in [7, 11) is 1.63. The topological polar surface area (TPSA) is 18.5 Å². The Hall–Kier alpha value is -1.18. The highest BCUT2D eigenvalue weighted by Gasteiger charge is 1.95. The smallest absolute Gasteiger partial charge is 0.130 e. The lowest BCUT2D eigenvalue weighted by atomic mass is 10.3. The number of benzene rings is 1. The molecule has 2 heteroatoms. The Kier molecular flexibility index (Phi) is 4.16. The Balaban J connectivity index is 2.46. The molecular weight excluding hydrogens is 164 g/mol. The number of unbranched alkanes of at least 4 members (excludes halogenated alkanes) is 1. The standard InChI is InChI=1S/C11H15O2/c1-3-4-8-13-11-7-5-6-10(9-11)12-2/h5,7,9H,3-4,8H2,1-2H3. The second-order valence-electron chi connectivity index (χ2n) is 2.79. The van der Waals surface area contributed by atoms with Gasteiger partial charge in [-0.3, -0.25) is 0 Å². The molecule has 0 heterocycles. The van der Waals surface area contributed by atoms with Crippen LogP contribution in [0, 0.1) is 6.07 Å². The summed E-state index contributed by atoms with van der Waals surface area (Å²) in [6, 6.07) is 8.48. The highest BCUT2D eigenvalue weighted by molar-refractivity contribution is 5.31. The van der Waals surface area contributed by atoms with Crippen LogP contribution in [0.1, 0.15) is 19.8 Å². The fraction of sp³-hybridized carbons (Fsp3) is 0.455. The molecule has 1 aromatic carbocycles. The molecule has 0 N–H and O–H groups in total. The molecule has 71 valence electrons. The molecule has 0 saturated carbocycles. The first-order chi connectivity index (χ1) is 6.36. The molecule has 0 amide bonds. The van der Waals surface area contributed by atoms with Crippen molar-refractivity contribution in [2.45, 2.75) is 19.8 Å². The van der Waals surface area contributed by atoms with Gasteiger partial charge in [0.1, 0.15) is 11.5 Å². The minimum atomic E-state index is 0.717. The molecule has 0 bridgehead atoms. The van der Waals surface area contributed by atoms with Crippen LogP contribution in [-0.2, 0) is 0 Å². The van der Waals surface area contributed by atoms with E-state index in [0.29, 0.717) is 5.75 Å². The summed E-state index contributed by atoms with van der Waals surface area (Å²) in [5.41, 5.74) is 0. The van der Waals surface area contributed by atoms with Gasteiger partial charge >= 0.3 is 0 Å². The third-order valence-electron chi connectivity index (χ3n) is 1.73. The maximum absolute atomic E-state index is 5.49. The molecule has 0 saturated heterocycles. The lowest BCUT2D eigenvalue weighted by molar-refractivity contribution is 0.307. The summed E-state index contributed by atoms with van der Waals surface area (Å²) < 4.78 is 10.5. The second kappa shape index (κ2) is 5.46. The highest BCUT2D eigenvalue weighted by Crippen LogP contribution is 2.18. The van der Waals surface area contributed by atoms with Crippen molar-refractivity contribution in [2.24, 2.45) is 0 Å². The maximum atomic E-state index is 5.49. The Morgan fingerprint density at radius 2 is 2.31 bits per heavy atom. The van der Waals surface area contributed by atoms with Gasteiger partial charge < -0.3 is 9.47 Å². The zero-order valence-electron chi connectivity index (χ0n) is 8.17. The van der Waals surface area contributed by atoms with E-state index in [1.54, 1.807) is 13.2 Å². The molecule has 2 nitrogen and oxygen atoms in total. The van der Waals surface area contributed by atoms with E-state index in [2.05, 4.69) is 13.0 Å². The molecule has 0 spiro atoms. The Morgan fingerprint density at radius 1 is 1.46 bits per heavy atom. The molecule has 0 aliphatic heterocycles. The van der Waals surface area contributed by atoms with Crippen LogP contribution < -0.4 is 9.47 Å². The van der Waals surface area contributed by atoms with Crippen LogP contribution in [0.3, 0.4) is 0 Å². The van der Waals surface area contributed by atoms with Gasteiger partial charge in [-0.05, 0) is 18.6 Å². The van der Waals surface area contributed by atoms with Crippen molar-refractivity contribution in [3.05, 3.63) is 24.3 Å². The fourth-order valence-electron chi connectivity index (χ4n) is 0.967. The van der Waals surface area contributed by atoms with Crippen molar-refractivity contribution in [2.75, 3.05) is 13.7 Å². The van der Waals surface area contributed by atoms with Crippen LogP contribution in [0.4, 0.5) is 0 Å². The van der Waals surface area contributed by atoms with E-state index in [1.807, 2.05) is 12.1 Å². The van der Waals surface area contributed by atoms with E-state index in [0.717, 1.165) is 25.2 Å². The molecule has 0 aromatic heterocycles. The van der Waals surface area contributed by atoms with Crippen molar-refractivity contribution in [3.8, 4) is 11.5 Å². The lowest BCUT2D eigenvalue weighted by Gasteiger charge is -2.06. The zero-order valence-corrected chi connectivity index (χ0v) is 8.17. The summed E-state index contributed by atoms with van der Waals surface area (Å²) in [6.07, 6.45) is 2.23. The number of methoxy groups -OCH3 is 1. The van der Waals surface area contributed by atoms with Gasteiger partial charge in [0.25, 0.3) is 0 Å².